The molecule has 1 aliphatic heterocycles. The Morgan fingerprint density at radius 3 is 2.83 bits per heavy atom. The van der Waals surface area contributed by atoms with E-state index in [1.54, 1.807) is 0 Å². The van der Waals surface area contributed by atoms with Crippen molar-refractivity contribution in [3.8, 4) is 6.07 Å². The van der Waals surface area contributed by atoms with Gasteiger partial charge >= 0.3 is 8.60 Å². The predicted octanol–water partition coefficient (Wildman–Crippen LogP) is 4.34. The topological polar surface area (TPSA) is 69.9 Å². The van der Waals surface area contributed by atoms with E-state index in [9.17, 15) is 0 Å². The van der Waals surface area contributed by atoms with E-state index in [0.29, 0.717) is 13.0 Å². The molecule has 0 saturated carbocycles. The molecule has 2 unspecified atom stereocenters. The predicted molar refractivity (Wildman–Crippen MR) is 93.5 cm³/mol. The smallest absolute Gasteiger partial charge is 0.333 e. The zero-order valence-electron chi connectivity index (χ0n) is 16.5. The van der Waals surface area contributed by atoms with E-state index in [1.807, 2.05) is 40.7 Å². The molecule has 1 rings (SSSR count). The summed E-state index contributed by atoms with van der Waals surface area (Å²) in [5.74, 6) is 0. The van der Waals surface area contributed by atoms with Crippen LogP contribution in [0.1, 0.15) is 62.2 Å². The molecule has 0 aromatic heterocycles. The molecular formula is C17H32NO5P. The van der Waals surface area contributed by atoms with E-state index in [2.05, 4.69) is 0 Å². The minimum atomic E-state index is -1.59. The molecule has 0 N–H and O–H groups in total. The van der Waals surface area contributed by atoms with E-state index in [1.165, 1.54) is 0 Å². The first-order valence-corrected chi connectivity index (χ1v) is 9.57. The summed E-state index contributed by atoms with van der Waals surface area (Å²) in [6.45, 7) is 10.9. The van der Waals surface area contributed by atoms with Crippen molar-refractivity contribution in [3.05, 3.63) is 0 Å². The molecule has 6 nitrogen and oxygen atoms in total. The van der Waals surface area contributed by atoms with Gasteiger partial charge in [-0.2, -0.15) is 5.26 Å². The van der Waals surface area contributed by atoms with Crippen molar-refractivity contribution in [1.82, 2.24) is 0 Å². The molecule has 0 radical (unpaired) electrons. The summed E-state index contributed by atoms with van der Waals surface area (Å²) in [5, 5.41) is 8.69. The number of nitriles is 1. The Morgan fingerprint density at radius 1 is 1.46 bits per heavy atom. The van der Waals surface area contributed by atoms with Gasteiger partial charge in [0.2, 0.25) is 0 Å². The summed E-state index contributed by atoms with van der Waals surface area (Å²) >= 11 is 0. The van der Waals surface area contributed by atoms with Crippen LogP contribution < -0.4 is 0 Å². The Kier molecular flexibility index (Phi) is 8.89. The molecule has 0 aromatic rings. The van der Waals surface area contributed by atoms with Crippen molar-refractivity contribution < 1.29 is 24.4 Å². The van der Waals surface area contributed by atoms with Gasteiger partial charge in [0, 0.05) is 7.79 Å². The lowest BCUT2D eigenvalue weighted by Crippen LogP contribution is -2.33. The third kappa shape index (κ3) is 8.71. The molecule has 0 amide bonds. The van der Waals surface area contributed by atoms with Crippen LogP contribution in [0, 0.1) is 11.3 Å². The van der Waals surface area contributed by atoms with Crippen LogP contribution in [-0.2, 0) is 23.0 Å². The standard InChI is InChI=1S/C17H32NO5P/c1-7-13(2)22-24(20-10-8-9-18)23-15-11-14(3)21-16(15)12-19-17(4,5)6/h13-16H,7-8,10-12H2,1-6H3/t13?,14-,15+,16+,24?/m0/s1/i1T. The zero-order valence-corrected chi connectivity index (χ0v) is 16.4. The third-order valence-corrected chi connectivity index (χ3v) is 4.74. The average molecular weight is 363 g/mol. The third-order valence-electron chi connectivity index (χ3n) is 3.37. The highest BCUT2D eigenvalue weighted by atomic mass is 31.2. The summed E-state index contributed by atoms with van der Waals surface area (Å²) in [6.07, 6.45) is 1.25. The molecular weight excluding hydrogens is 329 g/mol. The molecule has 0 bridgehead atoms. The van der Waals surface area contributed by atoms with Crippen LogP contribution in [0.5, 0.6) is 0 Å². The van der Waals surface area contributed by atoms with E-state index < -0.39 is 8.60 Å². The van der Waals surface area contributed by atoms with Gasteiger partial charge in [0.1, 0.15) is 6.10 Å². The van der Waals surface area contributed by atoms with Crippen LogP contribution in [0.4, 0.5) is 0 Å². The molecule has 5 atom stereocenters. The number of rotatable bonds is 10. The van der Waals surface area contributed by atoms with E-state index in [0.717, 1.165) is 6.42 Å². The van der Waals surface area contributed by atoms with Crippen LogP contribution in [-0.4, -0.2) is 43.2 Å². The molecule has 1 saturated heterocycles. The maximum Gasteiger partial charge on any atom is 0.333 e. The summed E-state index contributed by atoms with van der Waals surface area (Å²) < 4.78 is 36.6. The maximum atomic E-state index is 8.69. The highest BCUT2D eigenvalue weighted by Gasteiger charge is 2.37. The van der Waals surface area contributed by atoms with Crippen LogP contribution in [0.25, 0.3) is 0 Å². The number of nitrogens with zero attached hydrogens (tertiary/aromatic N) is 1. The van der Waals surface area contributed by atoms with Crippen molar-refractivity contribution in [1.29, 1.82) is 5.26 Å². The Balaban J connectivity index is 2.62. The Labute approximate surface area is 149 Å². The summed E-state index contributed by atoms with van der Waals surface area (Å²) in [7, 11) is -1.59. The fourth-order valence-corrected chi connectivity index (χ4v) is 3.33. The van der Waals surface area contributed by atoms with Crippen molar-refractivity contribution in [2.24, 2.45) is 0 Å². The van der Waals surface area contributed by atoms with Gasteiger partial charge in [0.05, 0.1) is 49.6 Å². The van der Waals surface area contributed by atoms with Gasteiger partial charge in [0.15, 0.2) is 0 Å². The molecule has 24 heavy (non-hydrogen) atoms. The lowest BCUT2D eigenvalue weighted by Gasteiger charge is -2.27. The number of hydrogen-bond acceptors (Lipinski definition) is 6. The minimum Gasteiger partial charge on any atom is -0.373 e. The first-order chi connectivity index (χ1) is 11.7. The highest BCUT2D eigenvalue weighted by Crippen LogP contribution is 2.45. The van der Waals surface area contributed by atoms with Gasteiger partial charge in [0.25, 0.3) is 0 Å². The van der Waals surface area contributed by atoms with Gasteiger partial charge in [-0.3, -0.25) is 0 Å². The second-order valence-electron chi connectivity index (χ2n) is 6.96. The largest absolute Gasteiger partial charge is 0.373 e. The second-order valence-corrected chi connectivity index (χ2v) is 8.08. The van der Waals surface area contributed by atoms with Gasteiger partial charge in [-0.05, 0) is 41.0 Å². The molecule has 0 aliphatic carbocycles. The number of hydrogen-bond donors (Lipinski definition) is 0. The van der Waals surface area contributed by atoms with Crippen molar-refractivity contribution >= 4 is 8.60 Å². The van der Waals surface area contributed by atoms with E-state index in [-0.39, 0.29) is 49.9 Å². The molecule has 0 aromatic carbocycles. The van der Waals surface area contributed by atoms with Crippen LogP contribution in [0.15, 0.2) is 0 Å². The fraction of sp³-hybridized carbons (Fsp3) is 0.941. The zero-order chi connectivity index (χ0) is 18.9. The Morgan fingerprint density at radius 2 is 2.21 bits per heavy atom. The molecule has 1 heterocycles. The Hall–Kier alpha value is -0.280. The normalized spacial score (nSPS) is 27.5. The van der Waals surface area contributed by atoms with Gasteiger partial charge in [-0.1, -0.05) is 6.90 Å². The summed E-state index contributed by atoms with van der Waals surface area (Å²) in [6, 6.07) is 2.05. The minimum absolute atomic E-state index is 0.0835. The molecule has 7 heteroatoms. The highest BCUT2D eigenvalue weighted by molar-refractivity contribution is 7.41. The van der Waals surface area contributed by atoms with E-state index in [4.69, 9.17) is 29.7 Å². The molecule has 1 fully saturated rings. The van der Waals surface area contributed by atoms with Crippen LogP contribution in [0.2, 0.25) is 0 Å². The summed E-state index contributed by atoms with van der Waals surface area (Å²) in [4.78, 5) is 0. The van der Waals surface area contributed by atoms with Gasteiger partial charge < -0.3 is 23.0 Å². The second kappa shape index (κ2) is 10.7. The van der Waals surface area contributed by atoms with Crippen molar-refractivity contribution in [3.63, 3.8) is 0 Å². The molecule has 1 aliphatic rings. The lowest BCUT2D eigenvalue weighted by atomic mass is 10.1. The number of ether oxygens (including phenoxy) is 2. The average Bonchev–Trinajstić information content (AvgIpc) is 2.84. The molecule has 0 spiro atoms. The maximum absolute atomic E-state index is 8.69. The first-order valence-electron chi connectivity index (χ1n) is 9.18. The lowest BCUT2D eigenvalue weighted by molar-refractivity contribution is -0.0851. The van der Waals surface area contributed by atoms with Crippen LogP contribution in [0.3, 0.4) is 0 Å². The SMILES string of the molecule is [3H]CCC(C)OP(OCCC#N)O[C@@H]1C[C@H](C)O[C@@H]1COC(C)(C)C. The van der Waals surface area contributed by atoms with Crippen molar-refractivity contribution in [2.75, 3.05) is 13.2 Å². The summed E-state index contributed by atoms with van der Waals surface area (Å²) in [5.41, 5.74) is -0.243. The van der Waals surface area contributed by atoms with E-state index >= 15 is 0 Å². The fourth-order valence-electron chi connectivity index (χ4n) is 2.07. The van der Waals surface area contributed by atoms with Gasteiger partial charge in [-0.25, -0.2) is 0 Å². The monoisotopic (exact) mass is 363 g/mol. The Bertz CT molecular complexity index is 415. The van der Waals surface area contributed by atoms with Crippen molar-refractivity contribution in [2.45, 2.75) is 90.8 Å². The van der Waals surface area contributed by atoms with Gasteiger partial charge in [-0.15, -0.1) is 0 Å². The molecule has 140 valence electrons. The van der Waals surface area contributed by atoms with Crippen LogP contribution >= 0.6 is 8.60 Å². The quantitative estimate of drug-likeness (QED) is 0.425. The first kappa shape index (κ1) is 20.0.